The van der Waals surface area contributed by atoms with Crippen LogP contribution in [0.4, 0.5) is 5.95 Å². The summed E-state index contributed by atoms with van der Waals surface area (Å²) in [6.07, 6.45) is 5.91. The highest BCUT2D eigenvalue weighted by atomic mass is 15.3. The Morgan fingerprint density at radius 2 is 1.81 bits per heavy atom. The summed E-state index contributed by atoms with van der Waals surface area (Å²) in [5.41, 5.74) is 2.76. The standard InChI is InChI=1S/C17H22N4/c1-14-5-2-3-6-15(14)13-20-16-7-11-21(12-8-16)17-18-9-4-10-19-17/h2-6,9-10,16,20H,7-8,11-13H2,1H3. The molecule has 0 atom stereocenters. The maximum Gasteiger partial charge on any atom is 0.225 e. The molecule has 1 fully saturated rings. The number of piperidine rings is 1. The molecule has 1 aromatic heterocycles. The molecular weight excluding hydrogens is 260 g/mol. The highest BCUT2D eigenvalue weighted by Gasteiger charge is 2.20. The Kier molecular flexibility index (Phi) is 4.46. The number of nitrogens with one attached hydrogen (secondary N) is 1. The zero-order valence-corrected chi connectivity index (χ0v) is 12.5. The van der Waals surface area contributed by atoms with E-state index in [2.05, 4.69) is 51.4 Å². The van der Waals surface area contributed by atoms with Crippen molar-refractivity contribution in [3.8, 4) is 0 Å². The molecule has 0 amide bonds. The van der Waals surface area contributed by atoms with E-state index in [-0.39, 0.29) is 0 Å². The normalized spacial score (nSPS) is 16.1. The molecule has 110 valence electrons. The van der Waals surface area contributed by atoms with E-state index in [0.717, 1.165) is 38.4 Å². The number of hydrogen-bond donors (Lipinski definition) is 1. The van der Waals surface area contributed by atoms with E-state index >= 15 is 0 Å². The van der Waals surface area contributed by atoms with E-state index in [1.165, 1.54) is 11.1 Å². The van der Waals surface area contributed by atoms with Gasteiger partial charge in [0.1, 0.15) is 0 Å². The monoisotopic (exact) mass is 282 g/mol. The van der Waals surface area contributed by atoms with Gasteiger partial charge in [0.25, 0.3) is 0 Å². The lowest BCUT2D eigenvalue weighted by molar-refractivity contribution is 0.411. The SMILES string of the molecule is Cc1ccccc1CNC1CCN(c2ncccn2)CC1. The summed E-state index contributed by atoms with van der Waals surface area (Å²) in [5.74, 6) is 0.856. The Bertz CT molecular complexity index is 562. The summed E-state index contributed by atoms with van der Waals surface area (Å²) in [6, 6.07) is 11.0. The molecule has 4 heteroatoms. The minimum Gasteiger partial charge on any atom is -0.341 e. The molecule has 4 nitrogen and oxygen atoms in total. The Hall–Kier alpha value is -1.94. The predicted molar refractivity (Wildman–Crippen MR) is 85.3 cm³/mol. The molecule has 0 bridgehead atoms. The number of rotatable bonds is 4. The average Bonchev–Trinajstić information content (AvgIpc) is 2.55. The van der Waals surface area contributed by atoms with Crippen LogP contribution >= 0.6 is 0 Å². The van der Waals surface area contributed by atoms with Gasteiger partial charge in [-0.2, -0.15) is 0 Å². The maximum atomic E-state index is 4.33. The first kappa shape index (κ1) is 14.0. The molecule has 2 heterocycles. The molecule has 1 aliphatic heterocycles. The largest absolute Gasteiger partial charge is 0.341 e. The third-order valence-electron chi connectivity index (χ3n) is 4.17. The maximum absolute atomic E-state index is 4.33. The second kappa shape index (κ2) is 6.68. The molecule has 0 saturated carbocycles. The van der Waals surface area contributed by atoms with Crippen molar-refractivity contribution in [2.45, 2.75) is 32.4 Å². The van der Waals surface area contributed by atoms with Crippen LogP contribution in [0.25, 0.3) is 0 Å². The van der Waals surface area contributed by atoms with Gasteiger partial charge in [-0.15, -0.1) is 0 Å². The number of nitrogens with zero attached hydrogens (tertiary/aromatic N) is 3. The van der Waals surface area contributed by atoms with Crippen molar-refractivity contribution in [1.29, 1.82) is 0 Å². The quantitative estimate of drug-likeness (QED) is 0.935. The van der Waals surface area contributed by atoms with Crippen LogP contribution in [0, 0.1) is 6.92 Å². The second-order valence-corrected chi connectivity index (χ2v) is 5.62. The van der Waals surface area contributed by atoms with E-state index in [1.54, 1.807) is 0 Å². The fourth-order valence-electron chi connectivity index (χ4n) is 2.80. The first-order valence-corrected chi connectivity index (χ1v) is 7.63. The van der Waals surface area contributed by atoms with Gasteiger partial charge in [0, 0.05) is 38.1 Å². The van der Waals surface area contributed by atoms with Crippen LogP contribution in [-0.4, -0.2) is 29.1 Å². The van der Waals surface area contributed by atoms with Gasteiger partial charge in [-0.05, 0) is 37.0 Å². The lowest BCUT2D eigenvalue weighted by Gasteiger charge is -2.32. The van der Waals surface area contributed by atoms with E-state index in [9.17, 15) is 0 Å². The summed E-state index contributed by atoms with van der Waals surface area (Å²) < 4.78 is 0. The molecule has 2 aromatic rings. The van der Waals surface area contributed by atoms with Crippen LogP contribution < -0.4 is 10.2 Å². The van der Waals surface area contributed by atoms with E-state index in [4.69, 9.17) is 0 Å². The van der Waals surface area contributed by atoms with E-state index in [0.29, 0.717) is 6.04 Å². The number of benzene rings is 1. The highest BCUT2D eigenvalue weighted by molar-refractivity contribution is 5.29. The summed E-state index contributed by atoms with van der Waals surface area (Å²) in [5, 5.41) is 3.68. The second-order valence-electron chi connectivity index (χ2n) is 5.62. The molecule has 0 radical (unpaired) electrons. The van der Waals surface area contributed by atoms with Crippen LogP contribution in [-0.2, 0) is 6.54 Å². The summed E-state index contributed by atoms with van der Waals surface area (Å²) >= 11 is 0. The fourth-order valence-corrected chi connectivity index (χ4v) is 2.80. The molecule has 1 N–H and O–H groups in total. The van der Waals surface area contributed by atoms with Crippen LogP contribution in [0.3, 0.4) is 0 Å². The lowest BCUT2D eigenvalue weighted by Crippen LogP contribution is -2.42. The average molecular weight is 282 g/mol. The van der Waals surface area contributed by atoms with Gasteiger partial charge in [-0.3, -0.25) is 0 Å². The van der Waals surface area contributed by atoms with Crippen molar-refractivity contribution in [2.24, 2.45) is 0 Å². The van der Waals surface area contributed by atoms with Gasteiger partial charge < -0.3 is 10.2 Å². The molecule has 1 aliphatic rings. The van der Waals surface area contributed by atoms with Crippen molar-refractivity contribution in [3.05, 3.63) is 53.9 Å². The van der Waals surface area contributed by atoms with Crippen molar-refractivity contribution in [2.75, 3.05) is 18.0 Å². The van der Waals surface area contributed by atoms with Crippen LogP contribution in [0.2, 0.25) is 0 Å². The fraction of sp³-hybridized carbons (Fsp3) is 0.412. The van der Waals surface area contributed by atoms with Crippen molar-refractivity contribution < 1.29 is 0 Å². The van der Waals surface area contributed by atoms with Crippen LogP contribution in [0.15, 0.2) is 42.7 Å². The lowest BCUT2D eigenvalue weighted by atomic mass is 10.0. The van der Waals surface area contributed by atoms with Gasteiger partial charge in [0.2, 0.25) is 5.95 Å². The predicted octanol–water partition coefficient (Wildman–Crippen LogP) is 2.54. The zero-order valence-electron chi connectivity index (χ0n) is 12.5. The van der Waals surface area contributed by atoms with E-state index < -0.39 is 0 Å². The molecule has 0 spiro atoms. The highest BCUT2D eigenvalue weighted by Crippen LogP contribution is 2.16. The molecular formula is C17H22N4. The Labute approximate surface area is 126 Å². The molecule has 0 unspecified atom stereocenters. The third kappa shape index (κ3) is 3.58. The summed E-state index contributed by atoms with van der Waals surface area (Å²) in [6.45, 7) is 5.18. The van der Waals surface area contributed by atoms with Crippen molar-refractivity contribution in [3.63, 3.8) is 0 Å². The van der Waals surface area contributed by atoms with Gasteiger partial charge in [-0.25, -0.2) is 9.97 Å². The number of anilines is 1. The number of hydrogen-bond acceptors (Lipinski definition) is 4. The smallest absolute Gasteiger partial charge is 0.225 e. The molecule has 1 saturated heterocycles. The first-order chi connectivity index (χ1) is 10.3. The topological polar surface area (TPSA) is 41.0 Å². The third-order valence-corrected chi connectivity index (χ3v) is 4.17. The van der Waals surface area contributed by atoms with Gasteiger partial charge in [0.05, 0.1) is 0 Å². The van der Waals surface area contributed by atoms with Crippen LogP contribution in [0.1, 0.15) is 24.0 Å². The first-order valence-electron chi connectivity index (χ1n) is 7.63. The Balaban J connectivity index is 1.49. The van der Waals surface area contributed by atoms with Gasteiger partial charge >= 0.3 is 0 Å². The van der Waals surface area contributed by atoms with Crippen molar-refractivity contribution >= 4 is 5.95 Å². The molecule has 3 rings (SSSR count). The van der Waals surface area contributed by atoms with E-state index in [1.807, 2.05) is 18.5 Å². The minimum atomic E-state index is 0.588. The number of aromatic nitrogens is 2. The molecule has 0 aliphatic carbocycles. The molecule has 21 heavy (non-hydrogen) atoms. The Morgan fingerprint density at radius 1 is 1.10 bits per heavy atom. The zero-order chi connectivity index (χ0) is 14.5. The Morgan fingerprint density at radius 3 is 2.52 bits per heavy atom. The summed E-state index contributed by atoms with van der Waals surface area (Å²) in [4.78, 5) is 10.9. The minimum absolute atomic E-state index is 0.588. The van der Waals surface area contributed by atoms with Crippen LogP contribution in [0.5, 0.6) is 0 Å². The number of aryl methyl sites for hydroxylation is 1. The van der Waals surface area contributed by atoms with Gasteiger partial charge in [0.15, 0.2) is 0 Å². The van der Waals surface area contributed by atoms with Gasteiger partial charge in [-0.1, -0.05) is 24.3 Å². The molecule has 1 aromatic carbocycles. The summed E-state index contributed by atoms with van der Waals surface area (Å²) in [7, 11) is 0. The van der Waals surface area contributed by atoms with Crippen molar-refractivity contribution in [1.82, 2.24) is 15.3 Å².